The van der Waals surface area contributed by atoms with E-state index in [9.17, 15) is 4.79 Å². The van der Waals surface area contributed by atoms with Crippen LogP contribution in [0.3, 0.4) is 0 Å². The van der Waals surface area contributed by atoms with E-state index < -0.39 is 0 Å². The van der Waals surface area contributed by atoms with Crippen molar-refractivity contribution < 1.29 is 9.53 Å². The highest BCUT2D eigenvalue weighted by molar-refractivity contribution is 5.65. The molecule has 0 radical (unpaired) electrons. The van der Waals surface area contributed by atoms with Gasteiger partial charge in [-0.1, -0.05) is 46.8 Å². The standard InChI is InChI=1S/C16H24O2/c1-11(2)14(10-17)13-9-12(16(3,4)5)7-8-15(13)18-6/h7-11,14H,1-6H3. The Morgan fingerprint density at radius 1 is 1.22 bits per heavy atom. The van der Waals surface area contributed by atoms with Crippen molar-refractivity contribution in [3.05, 3.63) is 29.3 Å². The SMILES string of the molecule is COc1ccc(C(C)(C)C)cc1C(C=O)C(C)C. The van der Waals surface area contributed by atoms with Gasteiger partial charge >= 0.3 is 0 Å². The summed E-state index contributed by atoms with van der Waals surface area (Å²) >= 11 is 0. The van der Waals surface area contributed by atoms with Crippen molar-refractivity contribution in [2.75, 3.05) is 7.11 Å². The van der Waals surface area contributed by atoms with E-state index in [4.69, 9.17) is 4.74 Å². The second-order valence-electron chi connectivity index (χ2n) is 6.11. The number of carbonyl (C=O) groups is 1. The first-order chi connectivity index (χ1) is 8.31. The van der Waals surface area contributed by atoms with Gasteiger partial charge in [-0.3, -0.25) is 0 Å². The average Bonchev–Trinajstić information content (AvgIpc) is 2.28. The average molecular weight is 248 g/mol. The summed E-state index contributed by atoms with van der Waals surface area (Å²) in [7, 11) is 1.65. The smallest absolute Gasteiger partial charge is 0.127 e. The van der Waals surface area contributed by atoms with Gasteiger partial charge in [0, 0.05) is 11.5 Å². The van der Waals surface area contributed by atoms with E-state index in [2.05, 4.69) is 46.8 Å². The van der Waals surface area contributed by atoms with Gasteiger partial charge in [-0.15, -0.1) is 0 Å². The molecule has 2 heteroatoms. The number of carbonyl (C=O) groups excluding carboxylic acids is 1. The maximum atomic E-state index is 11.3. The van der Waals surface area contributed by atoms with Crippen molar-refractivity contribution >= 4 is 6.29 Å². The van der Waals surface area contributed by atoms with Gasteiger partial charge in [-0.25, -0.2) is 0 Å². The molecule has 1 unspecified atom stereocenters. The topological polar surface area (TPSA) is 26.3 Å². The van der Waals surface area contributed by atoms with Crippen LogP contribution in [0.5, 0.6) is 5.75 Å². The third kappa shape index (κ3) is 3.12. The van der Waals surface area contributed by atoms with Crippen LogP contribution >= 0.6 is 0 Å². The van der Waals surface area contributed by atoms with Crippen molar-refractivity contribution in [3.8, 4) is 5.75 Å². The summed E-state index contributed by atoms with van der Waals surface area (Å²) < 4.78 is 5.39. The van der Waals surface area contributed by atoms with Gasteiger partial charge in [0.25, 0.3) is 0 Å². The van der Waals surface area contributed by atoms with Crippen LogP contribution in [-0.4, -0.2) is 13.4 Å². The highest BCUT2D eigenvalue weighted by Crippen LogP contribution is 2.34. The van der Waals surface area contributed by atoms with Crippen molar-refractivity contribution in [1.82, 2.24) is 0 Å². The molecular weight excluding hydrogens is 224 g/mol. The zero-order valence-corrected chi connectivity index (χ0v) is 12.3. The van der Waals surface area contributed by atoms with Crippen LogP contribution in [0.25, 0.3) is 0 Å². The molecular formula is C16H24O2. The summed E-state index contributed by atoms with van der Waals surface area (Å²) in [6, 6.07) is 6.15. The van der Waals surface area contributed by atoms with E-state index in [1.165, 1.54) is 5.56 Å². The van der Waals surface area contributed by atoms with Crippen molar-refractivity contribution in [2.24, 2.45) is 5.92 Å². The largest absolute Gasteiger partial charge is 0.496 e. The molecule has 0 aromatic heterocycles. The fourth-order valence-corrected chi connectivity index (χ4v) is 2.05. The molecule has 1 rings (SSSR count). The molecule has 0 spiro atoms. The summed E-state index contributed by atoms with van der Waals surface area (Å²) in [6.45, 7) is 10.6. The van der Waals surface area contributed by atoms with E-state index in [0.717, 1.165) is 17.6 Å². The zero-order chi connectivity index (χ0) is 13.9. The number of ether oxygens (including phenoxy) is 1. The molecule has 2 nitrogen and oxygen atoms in total. The van der Waals surface area contributed by atoms with E-state index in [0.29, 0.717) is 0 Å². The first kappa shape index (κ1) is 14.7. The molecule has 0 aliphatic carbocycles. The van der Waals surface area contributed by atoms with Crippen LogP contribution in [0.4, 0.5) is 0 Å². The first-order valence-corrected chi connectivity index (χ1v) is 6.45. The summed E-state index contributed by atoms with van der Waals surface area (Å²) in [5.41, 5.74) is 2.30. The van der Waals surface area contributed by atoms with Crippen LogP contribution in [0.2, 0.25) is 0 Å². The monoisotopic (exact) mass is 248 g/mol. The van der Waals surface area contributed by atoms with Crippen LogP contribution in [0.1, 0.15) is 51.7 Å². The number of rotatable bonds is 4. The second-order valence-corrected chi connectivity index (χ2v) is 6.11. The van der Waals surface area contributed by atoms with Crippen LogP contribution in [0.15, 0.2) is 18.2 Å². The van der Waals surface area contributed by atoms with Crippen molar-refractivity contribution in [1.29, 1.82) is 0 Å². The molecule has 1 atom stereocenters. The lowest BCUT2D eigenvalue weighted by Gasteiger charge is -2.24. The predicted octanol–water partition coefficient (Wildman–Crippen LogP) is 3.93. The Hall–Kier alpha value is -1.31. The number of hydrogen-bond donors (Lipinski definition) is 0. The molecule has 1 aromatic rings. The van der Waals surface area contributed by atoms with Crippen LogP contribution in [0, 0.1) is 5.92 Å². The molecule has 0 aliphatic heterocycles. The molecule has 0 saturated carbocycles. The molecule has 0 aliphatic rings. The third-order valence-electron chi connectivity index (χ3n) is 3.32. The highest BCUT2D eigenvalue weighted by Gasteiger charge is 2.22. The minimum absolute atomic E-state index is 0.0748. The van der Waals surface area contributed by atoms with Gasteiger partial charge in [0.1, 0.15) is 12.0 Å². The van der Waals surface area contributed by atoms with Crippen LogP contribution in [-0.2, 0) is 10.2 Å². The third-order valence-corrected chi connectivity index (χ3v) is 3.32. The number of benzene rings is 1. The molecule has 0 saturated heterocycles. The molecule has 0 bridgehead atoms. The number of methoxy groups -OCH3 is 1. The lowest BCUT2D eigenvalue weighted by molar-refractivity contribution is -0.109. The summed E-state index contributed by atoms with van der Waals surface area (Å²) in [4.78, 5) is 11.3. The molecule has 18 heavy (non-hydrogen) atoms. The molecule has 0 heterocycles. The first-order valence-electron chi connectivity index (χ1n) is 6.45. The van der Waals surface area contributed by atoms with Gasteiger partial charge < -0.3 is 9.53 Å². The van der Waals surface area contributed by atoms with E-state index in [-0.39, 0.29) is 17.3 Å². The van der Waals surface area contributed by atoms with Crippen molar-refractivity contribution in [2.45, 2.75) is 46.0 Å². The highest BCUT2D eigenvalue weighted by atomic mass is 16.5. The minimum atomic E-state index is -0.109. The van der Waals surface area contributed by atoms with E-state index in [1.807, 2.05) is 6.07 Å². The van der Waals surface area contributed by atoms with Crippen LogP contribution < -0.4 is 4.74 Å². The predicted molar refractivity (Wildman–Crippen MR) is 75.3 cm³/mol. The zero-order valence-electron chi connectivity index (χ0n) is 12.3. The molecule has 100 valence electrons. The minimum Gasteiger partial charge on any atom is -0.496 e. The quantitative estimate of drug-likeness (QED) is 0.755. The van der Waals surface area contributed by atoms with Gasteiger partial charge in [0.2, 0.25) is 0 Å². The Morgan fingerprint density at radius 2 is 1.83 bits per heavy atom. The van der Waals surface area contributed by atoms with E-state index >= 15 is 0 Å². The van der Waals surface area contributed by atoms with Gasteiger partial charge in [-0.2, -0.15) is 0 Å². The van der Waals surface area contributed by atoms with Gasteiger partial charge in [-0.05, 0) is 23.0 Å². The fourth-order valence-electron chi connectivity index (χ4n) is 2.05. The molecule has 0 fully saturated rings. The summed E-state index contributed by atoms with van der Waals surface area (Å²) in [6.07, 6.45) is 1.02. The van der Waals surface area contributed by atoms with Gasteiger partial charge in [0.05, 0.1) is 7.11 Å². The Kier molecular flexibility index (Phi) is 4.55. The summed E-state index contributed by atoms with van der Waals surface area (Å²) in [5, 5.41) is 0. The normalized spacial score (nSPS) is 13.5. The molecule has 1 aromatic carbocycles. The summed E-state index contributed by atoms with van der Waals surface area (Å²) in [5.74, 6) is 0.961. The Labute approximate surface area is 110 Å². The maximum Gasteiger partial charge on any atom is 0.127 e. The Bertz CT molecular complexity index is 414. The molecule has 0 N–H and O–H groups in total. The lowest BCUT2D eigenvalue weighted by atomic mass is 9.82. The maximum absolute atomic E-state index is 11.3. The van der Waals surface area contributed by atoms with E-state index in [1.54, 1.807) is 7.11 Å². The number of aldehydes is 1. The van der Waals surface area contributed by atoms with Gasteiger partial charge in [0.15, 0.2) is 0 Å². The number of hydrogen-bond acceptors (Lipinski definition) is 2. The fraction of sp³-hybridized carbons (Fsp3) is 0.562. The lowest BCUT2D eigenvalue weighted by Crippen LogP contribution is -2.15. The Balaban J connectivity index is 3.34. The Morgan fingerprint density at radius 3 is 2.22 bits per heavy atom. The molecule has 0 amide bonds. The second kappa shape index (κ2) is 5.55. The van der Waals surface area contributed by atoms with Crippen molar-refractivity contribution in [3.63, 3.8) is 0 Å².